The van der Waals surface area contributed by atoms with Crippen molar-refractivity contribution in [3.8, 4) is 5.75 Å². The molecule has 1 aromatic carbocycles. The number of thioether (sulfide) groups is 1. The lowest BCUT2D eigenvalue weighted by atomic mass is 10.1. The number of para-hydroxylation sites is 1. The van der Waals surface area contributed by atoms with E-state index in [9.17, 15) is 4.79 Å². The molecule has 1 aromatic rings. The molecule has 4 heteroatoms. The fourth-order valence-electron chi connectivity index (χ4n) is 2.38. The number of Topliss-reactive ketones (excluding diaryl/α,β-unsaturated/α-hetero) is 1. The van der Waals surface area contributed by atoms with E-state index in [0.717, 1.165) is 0 Å². The second-order valence-corrected chi connectivity index (χ2v) is 6.27. The van der Waals surface area contributed by atoms with Crippen LogP contribution >= 0.6 is 11.8 Å². The summed E-state index contributed by atoms with van der Waals surface area (Å²) >= 11 is 1.79. The molecule has 110 valence electrons. The van der Waals surface area contributed by atoms with E-state index in [1.165, 1.54) is 25.7 Å². The van der Waals surface area contributed by atoms with E-state index >= 15 is 0 Å². The molecular formula is C16H22O3S. The molecule has 0 bridgehead atoms. The van der Waals surface area contributed by atoms with Gasteiger partial charge in [0, 0.05) is 12.4 Å². The number of rotatable bonds is 8. The monoisotopic (exact) mass is 294 g/mol. The lowest BCUT2D eigenvalue weighted by molar-refractivity contribution is 0.101. The van der Waals surface area contributed by atoms with Crippen molar-refractivity contribution in [3.05, 3.63) is 29.8 Å². The zero-order valence-electron chi connectivity index (χ0n) is 12.0. The number of carbonyl (C=O) groups is 1. The van der Waals surface area contributed by atoms with Crippen LogP contribution in [0.1, 0.15) is 36.0 Å². The Labute approximate surface area is 125 Å². The van der Waals surface area contributed by atoms with Crippen LogP contribution in [0.5, 0.6) is 5.75 Å². The topological polar surface area (TPSA) is 35.5 Å². The molecule has 0 amide bonds. The number of methoxy groups -OCH3 is 1. The molecule has 2 rings (SSSR count). The van der Waals surface area contributed by atoms with Crippen molar-refractivity contribution in [2.75, 3.05) is 26.1 Å². The van der Waals surface area contributed by atoms with Crippen LogP contribution < -0.4 is 4.74 Å². The largest absolute Gasteiger partial charge is 0.490 e. The summed E-state index contributed by atoms with van der Waals surface area (Å²) in [6, 6.07) is 7.47. The van der Waals surface area contributed by atoms with Gasteiger partial charge in [-0.15, -0.1) is 0 Å². The van der Waals surface area contributed by atoms with Gasteiger partial charge in [-0.3, -0.25) is 4.79 Å². The first-order valence-corrected chi connectivity index (χ1v) is 8.21. The molecule has 0 radical (unpaired) electrons. The Balaban J connectivity index is 1.90. The van der Waals surface area contributed by atoms with Gasteiger partial charge in [0.25, 0.3) is 0 Å². The van der Waals surface area contributed by atoms with Crippen LogP contribution in [0.4, 0.5) is 0 Å². The van der Waals surface area contributed by atoms with Gasteiger partial charge in [-0.1, -0.05) is 25.0 Å². The maximum atomic E-state index is 12.3. The quantitative estimate of drug-likeness (QED) is 0.542. The average Bonchev–Trinajstić information content (AvgIpc) is 2.99. The average molecular weight is 294 g/mol. The Morgan fingerprint density at radius 1 is 1.25 bits per heavy atom. The summed E-state index contributed by atoms with van der Waals surface area (Å²) < 4.78 is 10.6. The molecule has 3 nitrogen and oxygen atoms in total. The number of hydrogen-bond donors (Lipinski definition) is 0. The Kier molecular flexibility index (Phi) is 6.40. The van der Waals surface area contributed by atoms with Gasteiger partial charge in [0.15, 0.2) is 5.78 Å². The van der Waals surface area contributed by atoms with E-state index in [1.807, 2.05) is 24.3 Å². The van der Waals surface area contributed by atoms with Gasteiger partial charge in [-0.05, 0) is 25.0 Å². The minimum Gasteiger partial charge on any atom is -0.490 e. The molecule has 0 spiro atoms. The zero-order chi connectivity index (χ0) is 14.2. The van der Waals surface area contributed by atoms with Gasteiger partial charge in [0.1, 0.15) is 12.4 Å². The Hall–Kier alpha value is -1.000. The number of ether oxygens (including phenoxy) is 2. The van der Waals surface area contributed by atoms with Crippen molar-refractivity contribution in [3.63, 3.8) is 0 Å². The number of carbonyl (C=O) groups excluding carboxylic acids is 1. The molecule has 0 unspecified atom stereocenters. The minimum atomic E-state index is 0.162. The van der Waals surface area contributed by atoms with E-state index in [4.69, 9.17) is 9.47 Å². The highest BCUT2D eigenvalue weighted by Crippen LogP contribution is 2.30. The highest BCUT2D eigenvalue weighted by molar-refractivity contribution is 8.00. The number of hydrogen-bond acceptors (Lipinski definition) is 4. The third kappa shape index (κ3) is 4.53. The Bertz CT molecular complexity index is 427. The molecule has 1 aliphatic rings. The van der Waals surface area contributed by atoms with Crippen LogP contribution in [0.2, 0.25) is 0 Å². The first-order valence-electron chi connectivity index (χ1n) is 7.17. The fraction of sp³-hybridized carbons (Fsp3) is 0.562. The Morgan fingerprint density at radius 3 is 2.75 bits per heavy atom. The first kappa shape index (κ1) is 15.4. The molecule has 1 fully saturated rings. The molecule has 0 saturated heterocycles. The van der Waals surface area contributed by atoms with Crippen molar-refractivity contribution in [2.45, 2.75) is 30.9 Å². The molecule has 1 aliphatic carbocycles. The van der Waals surface area contributed by atoms with Crippen LogP contribution in [-0.4, -0.2) is 37.1 Å². The highest BCUT2D eigenvalue weighted by atomic mass is 32.2. The van der Waals surface area contributed by atoms with Gasteiger partial charge in [0.05, 0.1) is 17.9 Å². The summed E-state index contributed by atoms with van der Waals surface area (Å²) in [6.07, 6.45) is 5.12. The minimum absolute atomic E-state index is 0.162. The van der Waals surface area contributed by atoms with Crippen LogP contribution in [0.15, 0.2) is 24.3 Å². The molecule has 20 heavy (non-hydrogen) atoms. The summed E-state index contributed by atoms with van der Waals surface area (Å²) in [4.78, 5) is 12.3. The van der Waals surface area contributed by atoms with E-state index in [2.05, 4.69) is 0 Å². The lowest BCUT2D eigenvalue weighted by Gasteiger charge is -2.12. The first-order chi connectivity index (χ1) is 9.81. The van der Waals surface area contributed by atoms with E-state index in [1.54, 1.807) is 18.9 Å². The standard InChI is InChI=1S/C16H22O3S/c1-18-10-11-19-16-9-5-4-8-14(16)15(17)12-20-13-6-2-3-7-13/h4-5,8-9,13H,2-3,6-7,10-12H2,1H3. The number of ketones is 1. The molecule has 0 heterocycles. The fourth-order valence-corrected chi connectivity index (χ4v) is 3.59. The molecular weight excluding hydrogens is 272 g/mol. The van der Waals surface area contributed by atoms with Crippen molar-refractivity contribution in [1.29, 1.82) is 0 Å². The third-order valence-corrected chi connectivity index (χ3v) is 4.86. The SMILES string of the molecule is COCCOc1ccccc1C(=O)CSC1CCCC1. The predicted octanol–water partition coefficient (Wildman–Crippen LogP) is 3.57. The summed E-state index contributed by atoms with van der Waals surface area (Å²) in [5.74, 6) is 1.38. The second kappa shape index (κ2) is 8.32. The molecule has 0 aliphatic heterocycles. The molecule has 0 aromatic heterocycles. The second-order valence-electron chi connectivity index (χ2n) is 4.98. The summed E-state index contributed by atoms with van der Waals surface area (Å²) in [5.41, 5.74) is 0.689. The van der Waals surface area contributed by atoms with E-state index in [0.29, 0.717) is 35.5 Å². The third-order valence-electron chi connectivity index (χ3n) is 3.48. The van der Waals surface area contributed by atoms with Gasteiger partial charge in [-0.25, -0.2) is 0 Å². The van der Waals surface area contributed by atoms with E-state index < -0.39 is 0 Å². The molecule has 0 N–H and O–H groups in total. The summed E-state index contributed by atoms with van der Waals surface area (Å²) in [7, 11) is 1.64. The van der Waals surface area contributed by atoms with Gasteiger partial charge in [0.2, 0.25) is 0 Å². The normalized spacial score (nSPS) is 15.4. The van der Waals surface area contributed by atoms with E-state index in [-0.39, 0.29) is 5.78 Å². The maximum Gasteiger partial charge on any atom is 0.176 e. The number of benzene rings is 1. The van der Waals surface area contributed by atoms with Crippen molar-refractivity contribution >= 4 is 17.5 Å². The predicted molar refractivity (Wildman–Crippen MR) is 82.9 cm³/mol. The highest BCUT2D eigenvalue weighted by Gasteiger charge is 2.18. The van der Waals surface area contributed by atoms with Gasteiger partial charge < -0.3 is 9.47 Å². The Morgan fingerprint density at radius 2 is 2.00 bits per heavy atom. The van der Waals surface area contributed by atoms with Crippen LogP contribution in [-0.2, 0) is 4.74 Å². The summed E-state index contributed by atoms with van der Waals surface area (Å²) in [6.45, 7) is 0.996. The van der Waals surface area contributed by atoms with Crippen molar-refractivity contribution in [1.82, 2.24) is 0 Å². The molecule has 0 atom stereocenters. The van der Waals surface area contributed by atoms with Gasteiger partial charge in [-0.2, -0.15) is 11.8 Å². The van der Waals surface area contributed by atoms with Crippen LogP contribution in [0.3, 0.4) is 0 Å². The summed E-state index contributed by atoms with van der Waals surface area (Å²) in [5, 5.41) is 0.667. The zero-order valence-corrected chi connectivity index (χ0v) is 12.8. The molecule has 1 saturated carbocycles. The van der Waals surface area contributed by atoms with Crippen LogP contribution in [0, 0.1) is 0 Å². The van der Waals surface area contributed by atoms with Crippen molar-refractivity contribution < 1.29 is 14.3 Å². The van der Waals surface area contributed by atoms with Crippen LogP contribution in [0.25, 0.3) is 0 Å². The smallest absolute Gasteiger partial charge is 0.176 e. The van der Waals surface area contributed by atoms with Gasteiger partial charge >= 0.3 is 0 Å². The lowest BCUT2D eigenvalue weighted by Crippen LogP contribution is -2.11. The van der Waals surface area contributed by atoms with Crippen molar-refractivity contribution in [2.24, 2.45) is 0 Å². The maximum absolute atomic E-state index is 12.3.